The van der Waals surface area contributed by atoms with Crippen LogP contribution in [-0.4, -0.2) is 36.8 Å². The molecule has 1 fully saturated rings. The average molecular weight is 421 g/mol. The van der Waals surface area contributed by atoms with E-state index >= 15 is 0 Å². The monoisotopic (exact) mass is 421 g/mol. The van der Waals surface area contributed by atoms with Crippen molar-refractivity contribution in [2.45, 2.75) is 25.6 Å². The van der Waals surface area contributed by atoms with E-state index in [-0.39, 0.29) is 17.2 Å². The lowest BCUT2D eigenvalue weighted by Crippen LogP contribution is -2.40. The van der Waals surface area contributed by atoms with Gasteiger partial charge in [0.1, 0.15) is 11.3 Å². The standard InChI is InChI=1S/C24H27N3O4/c1-26-20-9-4-3-8-19(20)22(21(23(25)28)24(26)29)27-12-10-17(11-13-27)31-15-16-6-5-7-18(14-16)30-2/h3-9,14,17H,10-13,15H2,1-2H3,(H2,25,28). The van der Waals surface area contributed by atoms with Crippen molar-refractivity contribution in [1.29, 1.82) is 0 Å². The van der Waals surface area contributed by atoms with E-state index in [2.05, 4.69) is 4.90 Å². The zero-order chi connectivity index (χ0) is 22.0. The second-order valence-corrected chi connectivity index (χ2v) is 7.82. The minimum Gasteiger partial charge on any atom is -0.497 e. The minimum atomic E-state index is -0.697. The predicted octanol–water partition coefficient (Wildman–Crippen LogP) is 2.83. The maximum atomic E-state index is 12.9. The molecule has 0 saturated carbocycles. The van der Waals surface area contributed by atoms with Gasteiger partial charge in [-0.1, -0.05) is 30.3 Å². The van der Waals surface area contributed by atoms with Gasteiger partial charge in [0.2, 0.25) is 0 Å². The van der Waals surface area contributed by atoms with Crippen LogP contribution < -0.4 is 20.9 Å². The van der Waals surface area contributed by atoms with Crippen LogP contribution in [0.3, 0.4) is 0 Å². The summed E-state index contributed by atoms with van der Waals surface area (Å²) in [5.41, 5.74) is 7.80. The molecule has 1 aromatic heterocycles. The number of rotatable bonds is 6. The first-order valence-corrected chi connectivity index (χ1v) is 10.4. The SMILES string of the molecule is COc1cccc(COC2CCN(c3c(C(N)=O)c(=O)n(C)c4ccccc34)CC2)c1. The van der Waals surface area contributed by atoms with Gasteiger partial charge in [-0.15, -0.1) is 0 Å². The molecular weight excluding hydrogens is 394 g/mol. The number of methoxy groups -OCH3 is 1. The molecule has 2 aromatic carbocycles. The van der Waals surface area contributed by atoms with E-state index in [1.54, 1.807) is 14.2 Å². The first-order valence-electron chi connectivity index (χ1n) is 10.4. The Morgan fingerprint density at radius 2 is 1.87 bits per heavy atom. The van der Waals surface area contributed by atoms with Gasteiger partial charge in [0.05, 0.1) is 31.0 Å². The topological polar surface area (TPSA) is 86.8 Å². The van der Waals surface area contributed by atoms with E-state index in [0.29, 0.717) is 25.4 Å². The van der Waals surface area contributed by atoms with Crippen molar-refractivity contribution < 1.29 is 14.3 Å². The van der Waals surface area contributed by atoms with Crippen molar-refractivity contribution in [3.63, 3.8) is 0 Å². The van der Waals surface area contributed by atoms with Crippen LogP contribution >= 0.6 is 0 Å². The van der Waals surface area contributed by atoms with Gasteiger partial charge in [-0.05, 0) is 36.6 Å². The third-order valence-corrected chi connectivity index (χ3v) is 5.90. The van der Waals surface area contributed by atoms with Gasteiger partial charge in [0.25, 0.3) is 11.5 Å². The summed E-state index contributed by atoms with van der Waals surface area (Å²) in [4.78, 5) is 27.2. The highest BCUT2D eigenvalue weighted by molar-refractivity contribution is 6.06. The number of aryl methyl sites for hydroxylation is 1. The number of fused-ring (bicyclic) bond motifs is 1. The minimum absolute atomic E-state index is 0.0527. The van der Waals surface area contributed by atoms with Crippen LogP contribution in [0.15, 0.2) is 53.3 Å². The third kappa shape index (κ3) is 4.14. The summed E-state index contributed by atoms with van der Waals surface area (Å²) < 4.78 is 12.9. The Labute approximate surface area is 181 Å². The van der Waals surface area contributed by atoms with Crippen molar-refractivity contribution in [2.75, 3.05) is 25.1 Å². The van der Waals surface area contributed by atoms with Gasteiger partial charge >= 0.3 is 0 Å². The maximum Gasteiger partial charge on any atom is 0.265 e. The molecule has 2 heterocycles. The van der Waals surface area contributed by atoms with Crippen LogP contribution in [0.2, 0.25) is 0 Å². The summed E-state index contributed by atoms with van der Waals surface area (Å²) in [5, 5.41) is 0.856. The maximum absolute atomic E-state index is 12.9. The Kier molecular flexibility index (Phi) is 5.95. The van der Waals surface area contributed by atoms with Crippen LogP contribution in [-0.2, 0) is 18.4 Å². The number of nitrogens with zero attached hydrogens (tertiary/aromatic N) is 2. The normalized spacial score (nSPS) is 14.7. The summed E-state index contributed by atoms with van der Waals surface area (Å²) in [6.07, 6.45) is 1.70. The van der Waals surface area contributed by atoms with Crippen molar-refractivity contribution in [1.82, 2.24) is 4.57 Å². The van der Waals surface area contributed by atoms with E-state index in [0.717, 1.165) is 35.1 Å². The first-order chi connectivity index (χ1) is 15.0. The van der Waals surface area contributed by atoms with Crippen molar-refractivity contribution in [2.24, 2.45) is 12.8 Å². The van der Waals surface area contributed by atoms with Crippen LogP contribution in [0, 0.1) is 0 Å². The van der Waals surface area contributed by atoms with Crippen LogP contribution in [0.5, 0.6) is 5.75 Å². The molecule has 7 nitrogen and oxygen atoms in total. The van der Waals surface area contributed by atoms with E-state index in [1.165, 1.54) is 4.57 Å². The highest BCUT2D eigenvalue weighted by atomic mass is 16.5. The fourth-order valence-corrected chi connectivity index (χ4v) is 4.25. The first kappa shape index (κ1) is 20.9. The van der Waals surface area contributed by atoms with E-state index in [9.17, 15) is 9.59 Å². The number of carbonyl (C=O) groups is 1. The van der Waals surface area contributed by atoms with E-state index < -0.39 is 5.91 Å². The number of pyridine rings is 1. The Morgan fingerprint density at radius 3 is 2.58 bits per heavy atom. The molecule has 1 aliphatic heterocycles. The molecule has 0 unspecified atom stereocenters. The summed E-state index contributed by atoms with van der Waals surface area (Å²) >= 11 is 0. The van der Waals surface area contributed by atoms with Crippen molar-refractivity contribution in [3.05, 3.63) is 70.0 Å². The molecule has 1 saturated heterocycles. The van der Waals surface area contributed by atoms with Gasteiger partial charge in [0, 0.05) is 25.5 Å². The van der Waals surface area contributed by atoms with Crippen molar-refractivity contribution in [3.8, 4) is 5.75 Å². The quantitative estimate of drug-likeness (QED) is 0.661. The molecule has 7 heteroatoms. The zero-order valence-electron chi connectivity index (χ0n) is 17.8. The summed E-state index contributed by atoms with van der Waals surface area (Å²) in [6, 6.07) is 15.5. The highest BCUT2D eigenvalue weighted by Gasteiger charge is 2.27. The molecule has 1 amide bonds. The molecule has 2 N–H and O–H groups in total. The summed E-state index contributed by atoms with van der Waals surface area (Å²) in [7, 11) is 3.32. The molecule has 31 heavy (non-hydrogen) atoms. The molecule has 0 spiro atoms. The molecule has 162 valence electrons. The van der Waals surface area contributed by atoms with Gasteiger partial charge < -0.3 is 24.7 Å². The van der Waals surface area contributed by atoms with Gasteiger partial charge in [-0.25, -0.2) is 0 Å². The van der Waals surface area contributed by atoms with E-state index in [4.69, 9.17) is 15.2 Å². The number of amides is 1. The zero-order valence-corrected chi connectivity index (χ0v) is 17.8. The number of nitrogens with two attached hydrogens (primary N) is 1. The van der Waals surface area contributed by atoms with E-state index in [1.807, 2.05) is 48.5 Å². The molecule has 0 atom stereocenters. The Bertz CT molecular complexity index is 1160. The van der Waals surface area contributed by atoms with Crippen LogP contribution in [0.25, 0.3) is 10.9 Å². The van der Waals surface area contributed by atoms with Gasteiger partial charge in [-0.3, -0.25) is 9.59 Å². The Morgan fingerprint density at radius 1 is 1.13 bits per heavy atom. The number of anilines is 1. The third-order valence-electron chi connectivity index (χ3n) is 5.90. The van der Waals surface area contributed by atoms with Crippen LogP contribution in [0.1, 0.15) is 28.8 Å². The largest absolute Gasteiger partial charge is 0.497 e. The number of benzene rings is 2. The smallest absolute Gasteiger partial charge is 0.265 e. The number of piperidine rings is 1. The molecule has 0 radical (unpaired) electrons. The average Bonchev–Trinajstić information content (AvgIpc) is 2.80. The van der Waals surface area contributed by atoms with Crippen LogP contribution in [0.4, 0.5) is 5.69 Å². The number of hydrogen-bond acceptors (Lipinski definition) is 5. The fourth-order valence-electron chi connectivity index (χ4n) is 4.25. The Hall–Kier alpha value is -3.32. The highest BCUT2D eigenvalue weighted by Crippen LogP contribution is 2.31. The lowest BCUT2D eigenvalue weighted by Gasteiger charge is -2.35. The second-order valence-electron chi connectivity index (χ2n) is 7.82. The van der Waals surface area contributed by atoms with Crippen molar-refractivity contribution >= 4 is 22.5 Å². The second kappa shape index (κ2) is 8.81. The number of aromatic nitrogens is 1. The summed E-state index contributed by atoms with van der Waals surface area (Å²) in [5.74, 6) is 0.116. The molecule has 4 rings (SSSR count). The Balaban J connectivity index is 1.53. The van der Waals surface area contributed by atoms with Gasteiger partial charge in [-0.2, -0.15) is 0 Å². The number of carbonyl (C=O) groups excluding carboxylic acids is 1. The molecule has 3 aromatic rings. The fraction of sp³-hybridized carbons (Fsp3) is 0.333. The molecule has 0 aliphatic carbocycles. The molecular formula is C24H27N3O4. The molecule has 1 aliphatic rings. The lowest BCUT2D eigenvalue weighted by molar-refractivity contribution is 0.0251. The number of ether oxygens (including phenoxy) is 2. The predicted molar refractivity (Wildman–Crippen MR) is 121 cm³/mol. The number of para-hydroxylation sites is 1. The molecule has 0 bridgehead atoms. The number of hydrogen-bond donors (Lipinski definition) is 1. The number of primary amides is 1. The van der Waals surface area contributed by atoms with Gasteiger partial charge in [0.15, 0.2) is 0 Å². The summed E-state index contributed by atoms with van der Waals surface area (Å²) in [6.45, 7) is 1.88. The lowest BCUT2D eigenvalue weighted by atomic mass is 10.0.